The minimum atomic E-state index is -0.0344. The molecule has 2 aromatic rings. The second-order valence-electron chi connectivity index (χ2n) is 6.50. The first-order valence-corrected chi connectivity index (χ1v) is 7.47. The quantitative estimate of drug-likeness (QED) is 0.802. The molecule has 3 heteroatoms. The molecule has 0 fully saturated rings. The van der Waals surface area contributed by atoms with E-state index >= 15 is 0 Å². The van der Waals surface area contributed by atoms with Crippen LogP contribution in [-0.4, -0.2) is 15.6 Å². The number of carbonyl (C=O) groups excluding carboxylic acids is 1. The SMILES string of the molecule is CCc1cc(CC(=O)c2ccccc2C(C)(C)C)n(C)n1. The number of aryl methyl sites for hydroxylation is 2. The van der Waals surface area contributed by atoms with E-state index in [1.165, 1.54) is 0 Å². The lowest BCUT2D eigenvalue weighted by Crippen LogP contribution is -2.18. The highest BCUT2D eigenvalue weighted by atomic mass is 16.1. The Bertz CT molecular complexity index is 647. The predicted molar refractivity (Wildman–Crippen MR) is 85.8 cm³/mol. The third-order valence-electron chi connectivity index (χ3n) is 3.77. The zero-order valence-electron chi connectivity index (χ0n) is 13.6. The summed E-state index contributed by atoms with van der Waals surface area (Å²) in [6, 6.07) is 9.94. The molecule has 112 valence electrons. The van der Waals surface area contributed by atoms with E-state index in [0.29, 0.717) is 6.42 Å². The molecule has 0 amide bonds. The molecule has 0 aliphatic rings. The van der Waals surface area contributed by atoms with Gasteiger partial charge in [0.05, 0.1) is 12.1 Å². The predicted octanol–water partition coefficient (Wildman–Crippen LogP) is 3.71. The Kier molecular flexibility index (Phi) is 4.31. The number of Topliss-reactive ketones (excluding diaryl/α,β-unsaturated/α-hetero) is 1. The van der Waals surface area contributed by atoms with Gasteiger partial charge in [-0.05, 0) is 23.5 Å². The van der Waals surface area contributed by atoms with Crippen molar-refractivity contribution in [2.75, 3.05) is 0 Å². The van der Waals surface area contributed by atoms with Gasteiger partial charge in [-0.25, -0.2) is 0 Å². The molecule has 0 spiro atoms. The van der Waals surface area contributed by atoms with Gasteiger partial charge in [0.15, 0.2) is 5.78 Å². The van der Waals surface area contributed by atoms with E-state index in [4.69, 9.17) is 0 Å². The molecule has 0 radical (unpaired) electrons. The van der Waals surface area contributed by atoms with Crippen molar-refractivity contribution < 1.29 is 4.79 Å². The highest BCUT2D eigenvalue weighted by Crippen LogP contribution is 2.26. The summed E-state index contributed by atoms with van der Waals surface area (Å²) in [6.07, 6.45) is 1.29. The van der Waals surface area contributed by atoms with Crippen LogP contribution >= 0.6 is 0 Å². The molecule has 1 aromatic heterocycles. The molecule has 0 atom stereocenters. The first-order chi connectivity index (χ1) is 9.82. The largest absolute Gasteiger partial charge is 0.294 e. The second kappa shape index (κ2) is 5.84. The van der Waals surface area contributed by atoms with Gasteiger partial charge in [-0.15, -0.1) is 0 Å². The fraction of sp³-hybridized carbons (Fsp3) is 0.444. The molecule has 0 N–H and O–H groups in total. The lowest BCUT2D eigenvalue weighted by Gasteiger charge is -2.22. The summed E-state index contributed by atoms with van der Waals surface area (Å²) in [5.74, 6) is 0.158. The monoisotopic (exact) mass is 284 g/mol. The minimum Gasteiger partial charge on any atom is -0.294 e. The molecule has 1 aromatic carbocycles. The van der Waals surface area contributed by atoms with E-state index in [0.717, 1.165) is 28.9 Å². The number of aromatic nitrogens is 2. The standard InChI is InChI=1S/C18H24N2O/c1-6-13-11-14(20(5)19-13)12-17(21)15-9-7-8-10-16(15)18(2,3)4/h7-11H,6,12H2,1-5H3. The van der Waals surface area contributed by atoms with Crippen molar-refractivity contribution in [1.82, 2.24) is 9.78 Å². The summed E-state index contributed by atoms with van der Waals surface area (Å²) in [4.78, 5) is 12.7. The highest BCUT2D eigenvalue weighted by molar-refractivity contribution is 5.99. The summed E-state index contributed by atoms with van der Waals surface area (Å²) in [5, 5.41) is 4.41. The van der Waals surface area contributed by atoms with Crippen LogP contribution in [0.15, 0.2) is 30.3 Å². The number of hydrogen-bond acceptors (Lipinski definition) is 2. The molecule has 3 nitrogen and oxygen atoms in total. The van der Waals surface area contributed by atoms with Crippen molar-refractivity contribution in [3.63, 3.8) is 0 Å². The first kappa shape index (κ1) is 15.5. The number of hydrogen-bond donors (Lipinski definition) is 0. The van der Waals surface area contributed by atoms with Gasteiger partial charge < -0.3 is 0 Å². The van der Waals surface area contributed by atoms with Gasteiger partial charge in [0.1, 0.15) is 0 Å². The van der Waals surface area contributed by atoms with E-state index in [2.05, 4.69) is 32.8 Å². The van der Waals surface area contributed by atoms with Crippen molar-refractivity contribution in [3.05, 3.63) is 52.8 Å². The summed E-state index contributed by atoms with van der Waals surface area (Å²) >= 11 is 0. The highest BCUT2D eigenvalue weighted by Gasteiger charge is 2.21. The summed E-state index contributed by atoms with van der Waals surface area (Å²) in [7, 11) is 1.90. The van der Waals surface area contributed by atoms with Gasteiger partial charge in [-0.1, -0.05) is 52.0 Å². The second-order valence-corrected chi connectivity index (χ2v) is 6.50. The maximum atomic E-state index is 12.7. The Morgan fingerprint density at radius 2 is 1.90 bits per heavy atom. The van der Waals surface area contributed by atoms with Crippen molar-refractivity contribution in [3.8, 4) is 0 Å². The van der Waals surface area contributed by atoms with Crippen LogP contribution in [0.25, 0.3) is 0 Å². The van der Waals surface area contributed by atoms with Crippen molar-refractivity contribution >= 4 is 5.78 Å². The number of carbonyl (C=O) groups is 1. The minimum absolute atomic E-state index is 0.0344. The van der Waals surface area contributed by atoms with Crippen LogP contribution in [0.1, 0.15) is 55.0 Å². The van der Waals surface area contributed by atoms with Gasteiger partial charge in [0.25, 0.3) is 0 Å². The van der Waals surface area contributed by atoms with Crippen LogP contribution in [0.2, 0.25) is 0 Å². The van der Waals surface area contributed by atoms with Crippen LogP contribution in [-0.2, 0) is 25.3 Å². The molecule has 21 heavy (non-hydrogen) atoms. The van der Waals surface area contributed by atoms with Crippen LogP contribution in [0.4, 0.5) is 0 Å². The van der Waals surface area contributed by atoms with Crippen molar-refractivity contribution in [2.45, 2.75) is 46.0 Å². The summed E-state index contributed by atoms with van der Waals surface area (Å²) in [5.41, 5.74) is 3.90. The van der Waals surface area contributed by atoms with E-state index in [1.807, 2.05) is 42.1 Å². The van der Waals surface area contributed by atoms with E-state index in [9.17, 15) is 4.79 Å². The van der Waals surface area contributed by atoms with E-state index in [1.54, 1.807) is 0 Å². The molecule has 0 saturated carbocycles. The smallest absolute Gasteiger partial charge is 0.169 e. The van der Waals surface area contributed by atoms with Gasteiger partial charge in [0, 0.05) is 18.3 Å². The molecule has 0 unspecified atom stereocenters. The topological polar surface area (TPSA) is 34.9 Å². The molecular weight excluding hydrogens is 260 g/mol. The fourth-order valence-electron chi connectivity index (χ4n) is 2.55. The van der Waals surface area contributed by atoms with Gasteiger partial charge >= 0.3 is 0 Å². The van der Waals surface area contributed by atoms with Crippen molar-refractivity contribution in [2.24, 2.45) is 7.05 Å². The average molecular weight is 284 g/mol. The van der Waals surface area contributed by atoms with E-state index < -0.39 is 0 Å². The molecule has 1 heterocycles. The molecule has 2 rings (SSSR count). The Balaban J connectivity index is 2.31. The zero-order valence-corrected chi connectivity index (χ0v) is 13.6. The van der Waals surface area contributed by atoms with E-state index in [-0.39, 0.29) is 11.2 Å². The first-order valence-electron chi connectivity index (χ1n) is 7.47. The Hall–Kier alpha value is -1.90. The Morgan fingerprint density at radius 1 is 1.24 bits per heavy atom. The molecule has 0 aliphatic carbocycles. The van der Waals surface area contributed by atoms with Crippen LogP contribution in [0.5, 0.6) is 0 Å². The van der Waals surface area contributed by atoms with Gasteiger partial charge in [0.2, 0.25) is 0 Å². The lowest BCUT2D eigenvalue weighted by atomic mass is 9.82. The Labute approximate surface area is 127 Å². The molecular formula is C18H24N2O. The maximum Gasteiger partial charge on any atom is 0.169 e. The van der Waals surface area contributed by atoms with Crippen LogP contribution in [0, 0.1) is 0 Å². The normalized spacial score (nSPS) is 11.7. The number of rotatable bonds is 4. The maximum absolute atomic E-state index is 12.7. The lowest BCUT2D eigenvalue weighted by molar-refractivity contribution is 0.0988. The Morgan fingerprint density at radius 3 is 2.48 bits per heavy atom. The summed E-state index contributed by atoms with van der Waals surface area (Å²) in [6.45, 7) is 8.48. The van der Waals surface area contributed by atoms with Gasteiger partial charge in [-0.3, -0.25) is 9.48 Å². The van der Waals surface area contributed by atoms with Crippen LogP contribution < -0.4 is 0 Å². The number of benzene rings is 1. The van der Waals surface area contributed by atoms with Crippen molar-refractivity contribution in [1.29, 1.82) is 0 Å². The third-order valence-corrected chi connectivity index (χ3v) is 3.77. The molecule has 0 saturated heterocycles. The zero-order chi connectivity index (χ0) is 15.6. The summed E-state index contributed by atoms with van der Waals surface area (Å²) < 4.78 is 1.82. The molecule has 0 bridgehead atoms. The number of nitrogens with zero attached hydrogens (tertiary/aromatic N) is 2. The average Bonchev–Trinajstić information content (AvgIpc) is 2.78. The fourth-order valence-corrected chi connectivity index (χ4v) is 2.55. The number of ketones is 1. The molecule has 0 aliphatic heterocycles. The van der Waals surface area contributed by atoms with Crippen LogP contribution in [0.3, 0.4) is 0 Å². The third kappa shape index (κ3) is 3.41. The van der Waals surface area contributed by atoms with Gasteiger partial charge in [-0.2, -0.15) is 5.10 Å².